The van der Waals surface area contributed by atoms with E-state index < -0.39 is 5.97 Å². The zero-order chi connectivity index (χ0) is 16.3. The van der Waals surface area contributed by atoms with Crippen LogP contribution in [0, 0.1) is 0 Å². The van der Waals surface area contributed by atoms with Gasteiger partial charge in [-0.25, -0.2) is 0 Å². The van der Waals surface area contributed by atoms with Crippen LogP contribution in [-0.2, 0) is 4.79 Å². The molecule has 0 fully saturated rings. The lowest BCUT2D eigenvalue weighted by Crippen LogP contribution is -1.93. The highest BCUT2D eigenvalue weighted by Crippen LogP contribution is 2.11. The van der Waals surface area contributed by atoms with E-state index in [-0.39, 0.29) is 0 Å². The maximum absolute atomic E-state index is 10.3. The molecule has 0 aliphatic rings. The smallest absolute Gasteiger partial charge is 0.303 e. The molecule has 2 N–H and O–H groups in total. The Morgan fingerprint density at radius 3 is 1.50 bits per heavy atom. The molecule has 130 valence electrons. The van der Waals surface area contributed by atoms with Crippen LogP contribution < -0.4 is 0 Å². The highest BCUT2D eigenvalue weighted by Gasteiger charge is 1.95. The van der Waals surface area contributed by atoms with Gasteiger partial charge in [0.1, 0.15) is 0 Å². The van der Waals surface area contributed by atoms with Crippen LogP contribution in [0.25, 0.3) is 0 Å². The molecular formula is C19H36O3. The number of carboxylic acid groups (broad SMARTS) is 1. The zero-order valence-electron chi connectivity index (χ0n) is 14.3. The van der Waals surface area contributed by atoms with Crippen LogP contribution >= 0.6 is 0 Å². The van der Waals surface area contributed by atoms with E-state index >= 15 is 0 Å². The van der Waals surface area contributed by atoms with Crippen LogP contribution in [0.3, 0.4) is 0 Å². The van der Waals surface area contributed by atoms with Crippen molar-refractivity contribution in [2.45, 2.75) is 96.3 Å². The van der Waals surface area contributed by atoms with Crippen molar-refractivity contribution in [3.8, 4) is 0 Å². The van der Waals surface area contributed by atoms with Crippen molar-refractivity contribution < 1.29 is 15.0 Å². The van der Waals surface area contributed by atoms with E-state index in [1.165, 1.54) is 57.8 Å². The molecule has 0 aliphatic heterocycles. The van der Waals surface area contributed by atoms with Gasteiger partial charge in [-0.2, -0.15) is 0 Å². The van der Waals surface area contributed by atoms with Gasteiger partial charge in [0.2, 0.25) is 0 Å². The van der Waals surface area contributed by atoms with E-state index in [0.29, 0.717) is 13.0 Å². The Labute approximate surface area is 136 Å². The number of aliphatic hydroxyl groups is 1. The van der Waals surface area contributed by atoms with Crippen LogP contribution in [-0.4, -0.2) is 22.8 Å². The fraction of sp³-hybridized carbons (Fsp3) is 0.842. The number of unbranched alkanes of at least 4 members (excludes halogenated alkanes) is 12. The summed E-state index contributed by atoms with van der Waals surface area (Å²) in [7, 11) is 0. The predicted octanol–water partition coefficient (Wildman–Crippen LogP) is 5.47. The Hall–Kier alpha value is -0.830. The lowest BCUT2D eigenvalue weighted by atomic mass is 10.1. The molecule has 0 rings (SSSR count). The highest BCUT2D eigenvalue weighted by atomic mass is 16.4. The molecule has 0 unspecified atom stereocenters. The summed E-state index contributed by atoms with van der Waals surface area (Å²) < 4.78 is 0. The first kappa shape index (κ1) is 21.2. The van der Waals surface area contributed by atoms with E-state index in [0.717, 1.165) is 32.1 Å². The molecule has 0 aromatic heterocycles. The van der Waals surface area contributed by atoms with Gasteiger partial charge >= 0.3 is 5.97 Å². The molecule has 0 aliphatic carbocycles. The van der Waals surface area contributed by atoms with Crippen molar-refractivity contribution in [3.63, 3.8) is 0 Å². The normalized spacial score (nSPS) is 11.3. The summed E-state index contributed by atoms with van der Waals surface area (Å²) in [5.41, 5.74) is 0. The fourth-order valence-corrected chi connectivity index (χ4v) is 2.56. The second kappa shape index (κ2) is 18.2. The van der Waals surface area contributed by atoms with Gasteiger partial charge in [0, 0.05) is 13.0 Å². The topological polar surface area (TPSA) is 57.5 Å². The highest BCUT2D eigenvalue weighted by molar-refractivity contribution is 5.66. The average molecular weight is 312 g/mol. The fourth-order valence-electron chi connectivity index (χ4n) is 2.56. The summed E-state index contributed by atoms with van der Waals surface area (Å²) in [6.45, 7) is 0.343. The number of hydrogen-bond donors (Lipinski definition) is 2. The molecule has 0 amide bonds. The summed E-state index contributed by atoms with van der Waals surface area (Å²) in [6.07, 6.45) is 21.5. The largest absolute Gasteiger partial charge is 0.481 e. The van der Waals surface area contributed by atoms with E-state index in [9.17, 15) is 4.79 Å². The molecule has 0 saturated carbocycles. The van der Waals surface area contributed by atoms with E-state index in [2.05, 4.69) is 12.2 Å². The molecule has 0 atom stereocenters. The Bertz CT molecular complexity index is 261. The van der Waals surface area contributed by atoms with Crippen molar-refractivity contribution in [1.29, 1.82) is 0 Å². The van der Waals surface area contributed by atoms with Crippen LogP contribution in [0.15, 0.2) is 12.2 Å². The van der Waals surface area contributed by atoms with Crippen molar-refractivity contribution in [2.75, 3.05) is 6.61 Å². The Morgan fingerprint density at radius 1 is 0.636 bits per heavy atom. The Kier molecular flexibility index (Phi) is 17.5. The van der Waals surface area contributed by atoms with E-state index in [1.54, 1.807) is 0 Å². The maximum Gasteiger partial charge on any atom is 0.303 e. The standard InChI is InChI=1S/C19H36O3/c20-18-16-14-12-10-8-6-4-2-1-3-5-7-9-11-13-15-17-19(21)22/h5,7,20H,1-4,6,8-18H2,(H,21,22)/b7-5-. The predicted molar refractivity (Wildman–Crippen MR) is 93.1 cm³/mol. The number of hydrogen-bond acceptors (Lipinski definition) is 2. The molecule has 0 radical (unpaired) electrons. The van der Waals surface area contributed by atoms with Crippen LogP contribution in [0.2, 0.25) is 0 Å². The minimum absolute atomic E-state index is 0.311. The van der Waals surface area contributed by atoms with Crippen molar-refractivity contribution in [3.05, 3.63) is 12.2 Å². The van der Waals surface area contributed by atoms with E-state index in [4.69, 9.17) is 10.2 Å². The number of aliphatic hydroxyl groups excluding tert-OH is 1. The van der Waals surface area contributed by atoms with Gasteiger partial charge in [0.25, 0.3) is 0 Å². The van der Waals surface area contributed by atoms with Gasteiger partial charge in [0.15, 0.2) is 0 Å². The third-order valence-corrected chi connectivity index (χ3v) is 3.96. The molecule has 0 aromatic rings. The summed E-state index contributed by atoms with van der Waals surface area (Å²) >= 11 is 0. The van der Waals surface area contributed by atoms with Crippen LogP contribution in [0.5, 0.6) is 0 Å². The Balaban J connectivity index is 3.06. The third kappa shape index (κ3) is 19.2. The first-order chi connectivity index (χ1) is 10.8. The molecule has 3 nitrogen and oxygen atoms in total. The number of carboxylic acids is 1. The zero-order valence-corrected chi connectivity index (χ0v) is 14.3. The summed E-state index contributed by atoms with van der Waals surface area (Å²) in [4.78, 5) is 10.3. The van der Waals surface area contributed by atoms with Crippen molar-refractivity contribution in [1.82, 2.24) is 0 Å². The lowest BCUT2D eigenvalue weighted by molar-refractivity contribution is -0.137. The number of rotatable bonds is 17. The molecule has 0 bridgehead atoms. The van der Waals surface area contributed by atoms with Crippen molar-refractivity contribution in [2.24, 2.45) is 0 Å². The van der Waals surface area contributed by atoms with Crippen LogP contribution in [0.4, 0.5) is 0 Å². The van der Waals surface area contributed by atoms with Gasteiger partial charge < -0.3 is 10.2 Å². The molecular weight excluding hydrogens is 276 g/mol. The third-order valence-electron chi connectivity index (χ3n) is 3.96. The number of carbonyl (C=O) groups is 1. The second-order valence-electron chi connectivity index (χ2n) is 6.16. The molecule has 0 spiro atoms. The minimum atomic E-state index is -0.680. The van der Waals surface area contributed by atoms with Gasteiger partial charge in [-0.15, -0.1) is 0 Å². The monoisotopic (exact) mass is 312 g/mol. The molecule has 0 heterocycles. The molecule has 3 heteroatoms. The summed E-state index contributed by atoms with van der Waals surface area (Å²) in [6, 6.07) is 0. The average Bonchev–Trinajstić information content (AvgIpc) is 2.50. The quantitative estimate of drug-likeness (QED) is 0.276. The van der Waals surface area contributed by atoms with Gasteiger partial charge in [-0.05, 0) is 38.5 Å². The second-order valence-corrected chi connectivity index (χ2v) is 6.16. The summed E-state index contributed by atoms with van der Waals surface area (Å²) in [5.74, 6) is -0.680. The molecule has 0 saturated heterocycles. The minimum Gasteiger partial charge on any atom is -0.481 e. The van der Waals surface area contributed by atoms with E-state index in [1.807, 2.05) is 0 Å². The van der Waals surface area contributed by atoms with Gasteiger partial charge in [-0.3, -0.25) is 4.79 Å². The first-order valence-electron chi connectivity index (χ1n) is 9.25. The number of aliphatic carboxylic acids is 1. The molecule has 22 heavy (non-hydrogen) atoms. The number of allylic oxidation sites excluding steroid dienone is 2. The first-order valence-corrected chi connectivity index (χ1v) is 9.25. The Morgan fingerprint density at radius 2 is 1.05 bits per heavy atom. The van der Waals surface area contributed by atoms with Gasteiger partial charge in [0.05, 0.1) is 0 Å². The SMILES string of the molecule is O=C(O)CCCCC/C=C\CCCCCCCCCCCO. The lowest BCUT2D eigenvalue weighted by Gasteiger charge is -2.01. The van der Waals surface area contributed by atoms with Crippen LogP contribution in [0.1, 0.15) is 96.3 Å². The molecule has 0 aromatic carbocycles. The van der Waals surface area contributed by atoms with Crippen molar-refractivity contribution >= 4 is 5.97 Å². The maximum atomic E-state index is 10.3. The van der Waals surface area contributed by atoms with Gasteiger partial charge in [-0.1, -0.05) is 63.5 Å². The summed E-state index contributed by atoms with van der Waals surface area (Å²) in [5, 5.41) is 17.2.